The van der Waals surface area contributed by atoms with Gasteiger partial charge in [0.15, 0.2) is 6.10 Å². The molecular formula is C22H21N3O5S. The summed E-state index contributed by atoms with van der Waals surface area (Å²) in [7, 11) is -3.58. The summed E-state index contributed by atoms with van der Waals surface area (Å²) in [4.78, 5) is 32.3. The highest BCUT2D eigenvalue weighted by Crippen LogP contribution is 2.22. The third-order valence-corrected chi connectivity index (χ3v) is 6.40. The predicted octanol–water partition coefficient (Wildman–Crippen LogP) is 2.80. The Balaban J connectivity index is 1.31. The maximum absolute atomic E-state index is 12.7. The number of fused-ring (bicyclic) bond motifs is 2. The topological polar surface area (TPSA) is 118 Å². The van der Waals surface area contributed by atoms with Crippen LogP contribution in [0.1, 0.15) is 35.7 Å². The van der Waals surface area contributed by atoms with Crippen molar-refractivity contribution in [1.82, 2.24) is 9.71 Å². The molecule has 4 rings (SSSR count). The van der Waals surface area contributed by atoms with Crippen LogP contribution in [-0.4, -0.2) is 43.6 Å². The molecule has 0 saturated carbocycles. The molecule has 0 aliphatic carbocycles. The first kappa shape index (κ1) is 20.8. The Morgan fingerprint density at radius 1 is 1.10 bits per heavy atom. The van der Waals surface area contributed by atoms with Gasteiger partial charge in [-0.2, -0.15) is 0 Å². The van der Waals surface area contributed by atoms with Crippen molar-refractivity contribution in [2.24, 2.45) is 4.99 Å². The third kappa shape index (κ3) is 4.22. The minimum Gasteiger partial charge on any atom is -0.454 e. The lowest BCUT2D eigenvalue weighted by atomic mass is 10.1. The number of amidine groups is 1. The second kappa shape index (κ2) is 8.35. The zero-order valence-electron chi connectivity index (χ0n) is 16.8. The van der Waals surface area contributed by atoms with Crippen molar-refractivity contribution < 1.29 is 22.7 Å². The van der Waals surface area contributed by atoms with E-state index in [1.807, 2.05) is 24.3 Å². The Morgan fingerprint density at radius 3 is 2.68 bits per heavy atom. The highest BCUT2D eigenvalue weighted by molar-refractivity contribution is 7.90. The van der Waals surface area contributed by atoms with E-state index >= 15 is 0 Å². The highest BCUT2D eigenvalue weighted by Gasteiger charge is 2.30. The zero-order chi connectivity index (χ0) is 22.0. The molecule has 31 heavy (non-hydrogen) atoms. The highest BCUT2D eigenvalue weighted by atomic mass is 32.2. The lowest BCUT2D eigenvalue weighted by Crippen LogP contribution is -2.24. The fourth-order valence-electron chi connectivity index (χ4n) is 3.47. The van der Waals surface area contributed by atoms with Crippen molar-refractivity contribution in [3.05, 3.63) is 65.9 Å². The number of para-hydroxylation sites is 1. The number of ether oxygens (including phenoxy) is 1. The third-order valence-electron chi connectivity index (χ3n) is 5.00. The number of ketones is 1. The van der Waals surface area contributed by atoms with Crippen molar-refractivity contribution >= 4 is 38.5 Å². The molecule has 0 unspecified atom stereocenters. The summed E-state index contributed by atoms with van der Waals surface area (Å²) < 4.78 is 31.8. The summed E-state index contributed by atoms with van der Waals surface area (Å²) in [6, 6.07) is 14.0. The number of nitrogens with zero attached hydrogens (tertiary/aromatic N) is 1. The van der Waals surface area contributed by atoms with Crippen molar-refractivity contribution in [3.63, 3.8) is 0 Å². The number of carbonyl (C=O) groups is 2. The Labute approximate surface area is 179 Å². The molecule has 0 bridgehead atoms. The van der Waals surface area contributed by atoms with Crippen molar-refractivity contribution in [1.29, 1.82) is 0 Å². The number of aromatic nitrogens is 1. The smallest absolute Gasteiger partial charge is 0.306 e. The van der Waals surface area contributed by atoms with Gasteiger partial charge < -0.3 is 9.72 Å². The molecule has 8 nitrogen and oxygen atoms in total. The van der Waals surface area contributed by atoms with Crippen LogP contribution in [0.5, 0.6) is 0 Å². The number of esters is 1. The average molecular weight is 439 g/mol. The number of H-pyrrole nitrogens is 1. The van der Waals surface area contributed by atoms with Gasteiger partial charge in [0.05, 0.1) is 4.90 Å². The van der Waals surface area contributed by atoms with E-state index in [-0.39, 0.29) is 29.5 Å². The van der Waals surface area contributed by atoms with E-state index < -0.39 is 22.1 Å². The van der Waals surface area contributed by atoms with Gasteiger partial charge in [0.1, 0.15) is 5.84 Å². The molecule has 160 valence electrons. The van der Waals surface area contributed by atoms with E-state index in [1.165, 1.54) is 6.07 Å². The van der Waals surface area contributed by atoms with Gasteiger partial charge in [-0.05, 0) is 31.5 Å². The van der Waals surface area contributed by atoms with Gasteiger partial charge >= 0.3 is 5.97 Å². The largest absolute Gasteiger partial charge is 0.454 e. The number of aromatic amines is 1. The summed E-state index contributed by atoms with van der Waals surface area (Å²) in [5.74, 6) is -0.511. The standard InChI is InChI=1S/C22H21N3O5S/c1-14(21(27)17-13-24-18-9-4-2-7-15(17)18)30-20(26)11-6-12-23-22-16-8-3-5-10-19(16)31(28,29)25-22/h2-5,7-10,13-14,24H,6,11-12H2,1H3,(H,23,25)/t14-/m1/s1. The van der Waals surface area contributed by atoms with Gasteiger partial charge in [0, 0.05) is 41.2 Å². The van der Waals surface area contributed by atoms with E-state index in [2.05, 4.69) is 14.7 Å². The number of carbonyl (C=O) groups excluding carboxylic acids is 2. The number of hydrogen-bond donors (Lipinski definition) is 2. The van der Waals surface area contributed by atoms with Crippen LogP contribution in [0.2, 0.25) is 0 Å². The molecule has 1 atom stereocenters. The molecule has 2 aromatic carbocycles. The Morgan fingerprint density at radius 2 is 1.84 bits per heavy atom. The first-order valence-corrected chi connectivity index (χ1v) is 11.3. The lowest BCUT2D eigenvalue weighted by molar-refractivity contribution is -0.146. The summed E-state index contributed by atoms with van der Waals surface area (Å²) in [6.07, 6.45) is 1.14. The SMILES string of the molecule is C[C@@H](OC(=O)CCCN=C1NS(=O)(=O)c2ccccc21)C(=O)c1c[nH]c2ccccc12. The molecule has 3 aromatic rings. The van der Waals surface area contributed by atoms with Crippen LogP contribution in [0.15, 0.2) is 64.6 Å². The number of sulfonamides is 1. The van der Waals surface area contributed by atoms with E-state index in [4.69, 9.17) is 4.74 Å². The molecule has 1 aliphatic heterocycles. The summed E-state index contributed by atoms with van der Waals surface area (Å²) in [6.45, 7) is 1.79. The number of rotatable bonds is 7. The van der Waals surface area contributed by atoms with Gasteiger partial charge in [0.25, 0.3) is 10.0 Å². The molecule has 1 aliphatic rings. The maximum Gasteiger partial charge on any atom is 0.306 e. The van der Waals surface area contributed by atoms with Gasteiger partial charge in [-0.15, -0.1) is 0 Å². The van der Waals surface area contributed by atoms with Crippen molar-refractivity contribution in [2.45, 2.75) is 30.8 Å². The second-order valence-electron chi connectivity index (χ2n) is 7.18. The van der Waals surface area contributed by atoms with Gasteiger partial charge in [-0.3, -0.25) is 19.3 Å². The molecule has 0 amide bonds. The Kier molecular flexibility index (Phi) is 5.60. The van der Waals surface area contributed by atoms with Crippen molar-refractivity contribution in [2.75, 3.05) is 6.54 Å². The molecule has 0 radical (unpaired) electrons. The van der Waals surface area contributed by atoms with E-state index in [0.717, 1.165) is 10.9 Å². The summed E-state index contributed by atoms with van der Waals surface area (Å²) in [5, 5.41) is 0.783. The molecule has 0 fully saturated rings. The van der Waals surface area contributed by atoms with E-state index in [1.54, 1.807) is 31.3 Å². The quantitative estimate of drug-likeness (QED) is 0.333. The first-order valence-electron chi connectivity index (χ1n) is 9.83. The van der Waals surface area contributed by atoms with Gasteiger partial charge in [-0.25, -0.2) is 8.42 Å². The number of nitrogens with one attached hydrogen (secondary N) is 2. The molecular weight excluding hydrogens is 418 g/mol. The van der Waals surface area contributed by atoms with Crippen LogP contribution >= 0.6 is 0 Å². The number of hydrogen-bond acceptors (Lipinski definition) is 6. The average Bonchev–Trinajstić information content (AvgIpc) is 3.29. The Hall–Kier alpha value is -3.46. The fourth-order valence-corrected chi connectivity index (χ4v) is 4.72. The molecule has 9 heteroatoms. The number of benzene rings is 2. The second-order valence-corrected chi connectivity index (χ2v) is 8.83. The van der Waals surface area contributed by atoms with Crippen LogP contribution in [0.25, 0.3) is 10.9 Å². The number of Topliss-reactive ketones (excluding diaryl/α,β-unsaturated/α-hetero) is 1. The van der Waals surface area contributed by atoms with Gasteiger partial charge in [0.2, 0.25) is 5.78 Å². The van der Waals surface area contributed by atoms with E-state index in [0.29, 0.717) is 17.5 Å². The van der Waals surface area contributed by atoms with Gasteiger partial charge in [-0.1, -0.05) is 30.3 Å². The van der Waals surface area contributed by atoms with Crippen molar-refractivity contribution in [3.8, 4) is 0 Å². The molecule has 1 aromatic heterocycles. The Bertz CT molecular complexity index is 1290. The predicted molar refractivity (Wildman–Crippen MR) is 116 cm³/mol. The van der Waals surface area contributed by atoms with Crippen LogP contribution in [0, 0.1) is 0 Å². The normalized spacial score (nSPS) is 16.6. The molecule has 0 spiro atoms. The fraction of sp³-hybridized carbons (Fsp3) is 0.227. The van der Waals surface area contributed by atoms with Crippen LogP contribution < -0.4 is 4.72 Å². The minimum atomic E-state index is -3.58. The molecule has 0 saturated heterocycles. The minimum absolute atomic E-state index is 0.0662. The zero-order valence-corrected chi connectivity index (χ0v) is 17.6. The summed E-state index contributed by atoms with van der Waals surface area (Å²) in [5.41, 5.74) is 1.84. The first-order chi connectivity index (χ1) is 14.9. The summed E-state index contributed by atoms with van der Waals surface area (Å²) >= 11 is 0. The molecule has 2 N–H and O–H groups in total. The van der Waals surface area contributed by atoms with E-state index in [9.17, 15) is 18.0 Å². The van der Waals surface area contributed by atoms with Crippen LogP contribution in [0.3, 0.4) is 0 Å². The maximum atomic E-state index is 12.7. The monoisotopic (exact) mass is 439 g/mol. The molecule has 2 heterocycles. The van der Waals surface area contributed by atoms with Crippen LogP contribution in [0.4, 0.5) is 0 Å². The number of aliphatic imine (C=N–C) groups is 1. The van der Waals surface area contributed by atoms with Crippen LogP contribution in [-0.2, 0) is 19.6 Å². The lowest BCUT2D eigenvalue weighted by Gasteiger charge is -2.11.